The van der Waals surface area contributed by atoms with Gasteiger partial charge in [0, 0.05) is 62.0 Å². The van der Waals surface area contributed by atoms with Gasteiger partial charge >= 0.3 is 17.7 Å². The van der Waals surface area contributed by atoms with Gasteiger partial charge in [-0.15, -0.1) is 0 Å². The summed E-state index contributed by atoms with van der Waals surface area (Å²) in [6.07, 6.45) is 1.45. The first-order valence-corrected chi connectivity index (χ1v) is 13.3. The topological polar surface area (TPSA) is 95.3 Å². The molecule has 1 aromatic carbocycles. The van der Waals surface area contributed by atoms with E-state index in [2.05, 4.69) is 30.1 Å². The van der Waals surface area contributed by atoms with Gasteiger partial charge < -0.3 is 29.2 Å². The van der Waals surface area contributed by atoms with Gasteiger partial charge in [0.1, 0.15) is 11.2 Å². The number of ether oxygens (including phenoxy) is 1. The third-order valence-electron chi connectivity index (χ3n) is 7.56. The van der Waals surface area contributed by atoms with E-state index in [1.54, 1.807) is 9.80 Å². The highest BCUT2D eigenvalue weighted by molar-refractivity contribution is 5.84. The Morgan fingerprint density at radius 1 is 1.16 bits per heavy atom. The third-order valence-corrected chi connectivity index (χ3v) is 7.56. The van der Waals surface area contributed by atoms with E-state index in [1.807, 2.05) is 39.8 Å². The molecule has 2 aliphatic heterocycles. The molecule has 0 atom stereocenters. The first-order chi connectivity index (χ1) is 17.4. The fourth-order valence-electron chi connectivity index (χ4n) is 5.39. The lowest BCUT2D eigenvalue weighted by Gasteiger charge is -2.39. The molecule has 1 spiro atoms. The molecule has 3 amide bonds. The molecule has 2 fully saturated rings. The number of nitrogens with one attached hydrogen (secondary N) is 1. The Morgan fingerprint density at radius 3 is 2.46 bits per heavy atom. The number of carbonyl (C=O) groups is 2. The lowest BCUT2D eigenvalue weighted by atomic mass is 9.88. The highest BCUT2D eigenvalue weighted by Crippen LogP contribution is 2.30. The summed E-state index contributed by atoms with van der Waals surface area (Å²) in [5.74, 6) is 0. The van der Waals surface area contributed by atoms with Crippen molar-refractivity contribution in [1.29, 1.82) is 0 Å². The van der Waals surface area contributed by atoms with Crippen LogP contribution in [0.15, 0.2) is 27.4 Å². The molecular formula is C28H40N4O5. The van der Waals surface area contributed by atoms with Crippen LogP contribution in [0.2, 0.25) is 0 Å². The summed E-state index contributed by atoms with van der Waals surface area (Å²) in [5.41, 5.74) is 1.89. The van der Waals surface area contributed by atoms with Crippen LogP contribution in [0.3, 0.4) is 0 Å². The van der Waals surface area contributed by atoms with Crippen LogP contribution >= 0.6 is 0 Å². The third kappa shape index (κ3) is 5.70. The van der Waals surface area contributed by atoms with E-state index in [-0.39, 0.29) is 23.3 Å². The predicted octanol–water partition coefficient (Wildman–Crippen LogP) is 4.29. The fraction of sp³-hybridized carbons (Fsp3) is 0.607. The van der Waals surface area contributed by atoms with Crippen molar-refractivity contribution < 1.29 is 18.7 Å². The lowest BCUT2D eigenvalue weighted by molar-refractivity contribution is 0.0161. The second-order valence-corrected chi connectivity index (χ2v) is 11.2. The van der Waals surface area contributed by atoms with Gasteiger partial charge in [-0.2, -0.15) is 0 Å². The van der Waals surface area contributed by atoms with Crippen LogP contribution in [-0.2, 0) is 11.2 Å². The highest BCUT2D eigenvalue weighted by atomic mass is 16.6. The number of rotatable bonds is 6. The van der Waals surface area contributed by atoms with Crippen molar-refractivity contribution in [2.75, 3.05) is 44.2 Å². The Balaban J connectivity index is 1.41. The summed E-state index contributed by atoms with van der Waals surface area (Å²) in [7, 11) is 0. The number of nitrogens with zero attached hydrogens (tertiary/aromatic N) is 3. The molecule has 1 N–H and O–H groups in total. The zero-order chi connectivity index (χ0) is 27.0. The smallest absolute Gasteiger partial charge is 0.410 e. The fourth-order valence-corrected chi connectivity index (χ4v) is 5.39. The number of likely N-dealkylation sites (tertiary alicyclic amines) is 1. The van der Waals surface area contributed by atoms with Crippen LogP contribution in [0.5, 0.6) is 0 Å². The van der Waals surface area contributed by atoms with Crippen molar-refractivity contribution in [2.24, 2.45) is 0 Å². The van der Waals surface area contributed by atoms with Gasteiger partial charge in [0.2, 0.25) is 0 Å². The molecule has 0 saturated carbocycles. The molecule has 9 heteroatoms. The van der Waals surface area contributed by atoms with Crippen LogP contribution < -0.4 is 15.8 Å². The average Bonchev–Trinajstić information content (AvgIpc) is 3.13. The summed E-state index contributed by atoms with van der Waals surface area (Å²) in [6, 6.07) is 5.88. The summed E-state index contributed by atoms with van der Waals surface area (Å²) < 4.78 is 11.2. The van der Waals surface area contributed by atoms with E-state index in [0.717, 1.165) is 29.7 Å². The van der Waals surface area contributed by atoms with E-state index in [4.69, 9.17) is 9.15 Å². The number of anilines is 1. The van der Waals surface area contributed by atoms with Gasteiger partial charge in [0.05, 0.1) is 5.54 Å². The van der Waals surface area contributed by atoms with Gasteiger partial charge in [-0.05, 0) is 78.5 Å². The maximum Gasteiger partial charge on any atom is 0.410 e. The minimum absolute atomic E-state index is 0.127. The molecule has 0 unspecified atom stereocenters. The second-order valence-electron chi connectivity index (χ2n) is 11.2. The number of hydrogen-bond donors (Lipinski definition) is 1. The highest BCUT2D eigenvalue weighted by Gasteiger charge is 2.45. The number of amides is 3. The summed E-state index contributed by atoms with van der Waals surface area (Å²) >= 11 is 0. The second kappa shape index (κ2) is 10.3. The Bertz CT molecular complexity index is 1220. The van der Waals surface area contributed by atoms with Crippen LogP contribution in [0, 0.1) is 6.92 Å². The molecule has 2 aliphatic rings. The van der Waals surface area contributed by atoms with Gasteiger partial charge in [-0.1, -0.05) is 0 Å². The number of fused-ring (bicyclic) bond motifs is 1. The van der Waals surface area contributed by atoms with Crippen molar-refractivity contribution in [3.05, 3.63) is 39.7 Å². The Labute approximate surface area is 218 Å². The maximum atomic E-state index is 12.9. The van der Waals surface area contributed by atoms with Gasteiger partial charge in [0.15, 0.2) is 0 Å². The summed E-state index contributed by atoms with van der Waals surface area (Å²) in [5, 5.41) is 4.07. The first-order valence-electron chi connectivity index (χ1n) is 13.3. The van der Waals surface area contributed by atoms with E-state index < -0.39 is 5.60 Å². The zero-order valence-corrected chi connectivity index (χ0v) is 23.0. The largest absolute Gasteiger partial charge is 0.444 e. The quantitative estimate of drug-likeness (QED) is 0.581. The Hall–Kier alpha value is -3.23. The normalized spacial score (nSPS) is 17.4. The number of urea groups is 1. The van der Waals surface area contributed by atoms with Gasteiger partial charge in [0.25, 0.3) is 0 Å². The van der Waals surface area contributed by atoms with E-state index in [1.165, 1.54) is 0 Å². The van der Waals surface area contributed by atoms with E-state index >= 15 is 0 Å². The standard InChI is InChI=1S/C28H40N4O5/c1-7-30(8-2)20-9-10-21-19(3)22(24(33)36-23(21)17-20)11-14-32-18-28(29-25(32)34)12-15-31(16-13-28)26(35)37-27(4,5)6/h9-10,17H,7-8,11-16,18H2,1-6H3,(H,29,34). The van der Waals surface area contributed by atoms with Crippen LogP contribution in [0.4, 0.5) is 15.3 Å². The minimum Gasteiger partial charge on any atom is -0.444 e. The molecule has 0 radical (unpaired) electrons. The molecule has 0 bridgehead atoms. The maximum absolute atomic E-state index is 12.9. The Morgan fingerprint density at radius 2 is 1.84 bits per heavy atom. The summed E-state index contributed by atoms with van der Waals surface area (Å²) in [6.45, 7) is 15.5. The molecule has 2 saturated heterocycles. The molecule has 0 aliphatic carbocycles. The summed E-state index contributed by atoms with van der Waals surface area (Å²) in [4.78, 5) is 43.8. The molecule has 9 nitrogen and oxygen atoms in total. The van der Waals surface area contributed by atoms with Crippen molar-refractivity contribution >= 4 is 28.8 Å². The van der Waals surface area contributed by atoms with E-state index in [0.29, 0.717) is 56.6 Å². The van der Waals surface area contributed by atoms with Crippen LogP contribution in [0.25, 0.3) is 11.0 Å². The lowest BCUT2D eigenvalue weighted by Crippen LogP contribution is -2.54. The molecule has 37 heavy (non-hydrogen) atoms. The first kappa shape index (κ1) is 26.8. The number of hydrogen-bond acceptors (Lipinski definition) is 6. The van der Waals surface area contributed by atoms with Crippen molar-refractivity contribution in [3.8, 4) is 0 Å². The van der Waals surface area contributed by atoms with Crippen LogP contribution in [-0.4, -0.2) is 72.3 Å². The van der Waals surface area contributed by atoms with Crippen molar-refractivity contribution in [3.63, 3.8) is 0 Å². The minimum atomic E-state index is -0.536. The SMILES string of the molecule is CCN(CC)c1ccc2c(C)c(CCN3CC4(CCN(C(=O)OC(C)(C)C)CC4)NC3=O)c(=O)oc2c1. The number of piperidine rings is 1. The number of benzene rings is 1. The van der Waals surface area contributed by atoms with Crippen molar-refractivity contribution in [1.82, 2.24) is 15.1 Å². The Kier molecular flexibility index (Phi) is 7.44. The van der Waals surface area contributed by atoms with Gasteiger partial charge in [-0.3, -0.25) is 0 Å². The van der Waals surface area contributed by atoms with Crippen molar-refractivity contribution in [2.45, 2.75) is 71.9 Å². The van der Waals surface area contributed by atoms with Crippen LogP contribution in [0.1, 0.15) is 58.6 Å². The molecule has 4 rings (SSSR count). The van der Waals surface area contributed by atoms with E-state index in [9.17, 15) is 14.4 Å². The number of aryl methyl sites for hydroxylation is 1. The molecule has 202 valence electrons. The average molecular weight is 513 g/mol. The molecule has 3 heterocycles. The molecule has 2 aromatic rings. The molecular weight excluding hydrogens is 472 g/mol. The molecule has 1 aromatic heterocycles. The predicted molar refractivity (Wildman–Crippen MR) is 144 cm³/mol. The zero-order valence-electron chi connectivity index (χ0n) is 23.0. The monoisotopic (exact) mass is 512 g/mol. The number of carbonyl (C=O) groups excluding carboxylic acids is 2. The van der Waals surface area contributed by atoms with Gasteiger partial charge in [-0.25, -0.2) is 14.4 Å².